The highest BCUT2D eigenvalue weighted by atomic mass is 19.4. The van der Waals surface area contributed by atoms with Gasteiger partial charge < -0.3 is 10.2 Å². The summed E-state index contributed by atoms with van der Waals surface area (Å²) < 4.78 is 39.7. The van der Waals surface area contributed by atoms with Crippen LogP contribution in [-0.4, -0.2) is 68.1 Å². The molecule has 6 rings (SSSR count). The molecule has 1 fully saturated rings. The molecule has 36 heavy (non-hydrogen) atoms. The van der Waals surface area contributed by atoms with Crippen molar-refractivity contribution in [1.29, 1.82) is 0 Å². The van der Waals surface area contributed by atoms with Crippen molar-refractivity contribution in [3.8, 4) is 11.3 Å². The Morgan fingerprint density at radius 3 is 2.64 bits per heavy atom. The zero-order valence-corrected chi connectivity index (χ0v) is 19.0. The SMILES string of the molecule is O=C1Nc2cc3[nH]nc(-c4ccnnc4)c3cc2CN1[C@@H]1CN(CC(F)(F)F)CC1c1ccccc1. The van der Waals surface area contributed by atoms with E-state index in [0.717, 1.165) is 27.6 Å². The van der Waals surface area contributed by atoms with Gasteiger partial charge in [0.1, 0.15) is 5.69 Å². The second-order valence-electron chi connectivity index (χ2n) is 9.21. The van der Waals surface area contributed by atoms with Crippen molar-refractivity contribution >= 4 is 22.6 Å². The summed E-state index contributed by atoms with van der Waals surface area (Å²) in [6, 6.07) is 14.3. The monoisotopic (exact) mass is 493 g/mol. The standard InChI is InChI=1S/C25H22F3N7O/c26-25(27,28)14-34-12-19(15-4-2-1-3-5-15)22(13-34)35-11-17-8-18-21(9-20(17)31-24(35)36)32-33-23(18)16-6-7-29-30-10-16/h1-10,19,22H,11-14H2,(H,31,36)(H,32,33)/t19?,22-/m1/s1. The topological polar surface area (TPSA) is 90.0 Å². The molecule has 2 atom stereocenters. The van der Waals surface area contributed by atoms with E-state index >= 15 is 0 Å². The number of H-pyrrole nitrogens is 1. The van der Waals surface area contributed by atoms with Crippen molar-refractivity contribution in [3.05, 3.63) is 72.1 Å². The second-order valence-corrected chi connectivity index (χ2v) is 9.21. The van der Waals surface area contributed by atoms with E-state index in [1.807, 2.05) is 48.5 Å². The van der Waals surface area contributed by atoms with Gasteiger partial charge in [0.15, 0.2) is 0 Å². The molecule has 0 radical (unpaired) electrons. The number of urea groups is 1. The van der Waals surface area contributed by atoms with Crippen LogP contribution >= 0.6 is 0 Å². The highest BCUT2D eigenvalue weighted by molar-refractivity contribution is 6.00. The number of likely N-dealkylation sites (tertiary alicyclic amines) is 1. The number of carbonyl (C=O) groups excluding carboxylic acids is 1. The van der Waals surface area contributed by atoms with E-state index in [1.54, 1.807) is 17.3 Å². The Balaban J connectivity index is 1.35. The van der Waals surface area contributed by atoms with E-state index in [2.05, 4.69) is 25.7 Å². The normalized spacial score (nSPS) is 20.5. The molecule has 1 saturated heterocycles. The first-order valence-electron chi connectivity index (χ1n) is 11.6. The summed E-state index contributed by atoms with van der Waals surface area (Å²) in [5, 5.41) is 19.0. The van der Waals surface area contributed by atoms with Crippen molar-refractivity contribution in [2.24, 2.45) is 0 Å². The molecule has 4 heterocycles. The van der Waals surface area contributed by atoms with E-state index < -0.39 is 18.8 Å². The lowest BCUT2D eigenvalue weighted by Crippen LogP contribution is -2.48. The van der Waals surface area contributed by atoms with Gasteiger partial charge in [-0.15, -0.1) is 0 Å². The van der Waals surface area contributed by atoms with Crippen LogP contribution < -0.4 is 5.32 Å². The Kier molecular flexibility index (Phi) is 5.36. The number of anilines is 1. The first-order chi connectivity index (χ1) is 17.4. The minimum atomic E-state index is -4.31. The molecular formula is C25H22F3N7O. The number of carbonyl (C=O) groups is 1. The van der Waals surface area contributed by atoms with Crippen LogP contribution in [0.1, 0.15) is 17.0 Å². The average molecular weight is 493 g/mol. The smallest absolute Gasteiger partial charge is 0.315 e. The molecule has 0 spiro atoms. The Bertz CT molecular complexity index is 1410. The highest BCUT2D eigenvalue weighted by Crippen LogP contribution is 2.38. The molecule has 2 aromatic carbocycles. The van der Waals surface area contributed by atoms with Crippen molar-refractivity contribution < 1.29 is 18.0 Å². The number of halogens is 3. The molecule has 11 heteroatoms. The molecule has 0 bridgehead atoms. The molecule has 8 nitrogen and oxygen atoms in total. The molecule has 2 aliphatic rings. The lowest BCUT2D eigenvalue weighted by Gasteiger charge is -2.36. The lowest BCUT2D eigenvalue weighted by molar-refractivity contribution is -0.143. The first-order valence-corrected chi connectivity index (χ1v) is 11.6. The van der Waals surface area contributed by atoms with Crippen LogP contribution in [0.5, 0.6) is 0 Å². The van der Waals surface area contributed by atoms with Gasteiger partial charge in [-0.05, 0) is 29.3 Å². The van der Waals surface area contributed by atoms with E-state index in [1.165, 1.54) is 4.90 Å². The lowest BCUT2D eigenvalue weighted by atomic mass is 9.92. The van der Waals surface area contributed by atoms with Crippen LogP contribution in [0.25, 0.3) is 22.2 Å². The third-order valence-electron chi connectivity index (χ3n) is 6.88. The summed E-state index contributed by atoms with van der Waals surface area (Å²) in [4.78, 5) is 16.3. The summed E-state index contributed by atoms with van der Waals surface area (Å²) in [5.41, 5.74) is 4.72. The van der Waals surface area contributed by atoms with Crippen LogP contribution in [0.2, 0.25) is 0 Å². The summed E-state index contributed by atoms with van der Waals surface area (Å²) >= 11 is 0. The largest absolute Gasteiger partial charge is 0.401 e. The van der Waals surface area contributed by atoms with Crippen LogP contribution in [-0.2, 0) is 6.54 Å². The van der Waals surface area contributed by atoms with Crippen LogP contribution in [0.3, 0.4) is 0 Å². The number of aromatic amines is 1. The summed E-state index contributed by atoms with van der Waals surface area (Å²) in [6.45, 7) is -0.351. The first kappa shape index (κ1) is 22.5. The molecule has 184 valence electrons. The predicted octanol–water partition coefficient (Wildman–Crippen LogP) is 4.40. The molecule has 4 aromatic rings. The number of amides is 2. The minimum absolute atomic E-state index is 0.143. The predicted molar refractivity (Wildman–Crippen MR) is 127 cm³/mol. The number of rotatable bonds is 4. The molecular weight excluding hydrogens is 471 g/mol. The Hall–Kier alpha value is -3.99. The Labute approximate surface area is 204 Å². The molecule has 2 aromatic heterocycles. The Morgan fingerprint density at radius 2 is 1.89 bits per heavy atom. The van der Waals surface area contributed by atoms with Gasteiger partial charge in [-0.2, -0.15) is 28.5 Å². The zero-order chi connectivity index (χ0) is 24.9. The zero-order valence-electron chi connectivity index (χ0n) is 19.0. The van der Waals surface area contributed by atoms with Crippen LogP contribution in [0, 0.1) is 0 Å². The molecule has 0 saturated carbocycles. The van der Waals surface area contributed by atoms with Gasteiger partial charge in [-0.25, -0.2) is 4.79 Å². The van der Waals surface area contributed by atoms with Crippen molar-refractivity contribution in [2.45, 2.75) is 24.7 Å². The van der Waals surface area contributed by atoms with Gasteiger partial charge in [0, 0.05) is 42.2 Å². The number of aromatic nitrogens is 4. The summed E-state index contributed by atoms with van der Waals surface area (Å²) in [6.07, 6.45) is -1.09. The third-order valence-corrected chi connectivity index (χ3v) is 6.88. The van der Waals surface area contributed by atoms with Crippen LogP contribution in [0.4, 0.5) is 23.7 Å². The fraction of sp³-hybridized carbons (Fsp3) is 0.280. The third kappa shape index (κ3) is 4.15. The minimum Gasteiger partial charge on any atom is -0.315 e. The molecule has 2 N–H and O–H groups in total. The fourth-order valence-electron chi connectivity index (χ4n) is 5.31. The van der Waals surface area contributed by atoms with Crippen LogP contribution in [0.15, 0.2) is 60.9 Å². The van der Waals surface area contributed by atoms with Gasteiger partial charge in [-0.1, -0.05) is 30.3 Å². The number of nitrogens with zero attached hydrogens (tertiary/aromatic N) is 5. The maximum absolute atomic E-state index is 13.2. The number of nitrogens with one attached hydrogen (secondary N) is 2. The molecule has 0 aliphatic carbocycles. The quantitative estimate of drug-likeness (QED) is 0.440. The van der Waals surface area contributed by atoms with Gasteiger partial charge in [0.05, 0.1) is 30.5 Å². The van der Waals surface area contributed by atoms with Gasteiger partial charge >= 0.3 is 12.2 Å². The molecule has 1 unspecified atom stereocenters. The summed E-state index contributed by atoms with van der Waals surface area (Å²) in [5.74, 6) is -0.239. The van der Waals surface area contributed by atoms with Gasteiger partial charge in [-0.3, -0.25) is 10.00 Å². The summed E-state index contributed by atoms with van der Waals surface area (Å²) in [7, 11) is 0. The second kappa shape index (κ2) is 8.59. The number of hydrogen-bond acceptors (Lipinski definition) is 5. The molecule has 2 amide bonds. The number of benzene rings is 2. The average Bonchev–Trinajstić information content (AvgIpc) is 3.46. The van der Waals surface area contributed by atoms with E-state index in [-0.39, 0.29) is 31.6 Å². The molecule has 2 aliphatic heterocycles. The highest BCUT2D eigenvalue weighted by Gasteiger charge is 2.44. The van der Waals surface area contributed by atoms with E-state index in [0.29, 0.717) is 11.4 Å². The van der Waals surface area contributed by atoms with Crippen molar-refractivity contribution in [3.63, 3.8) is 0 Å². The maximum atomic E-state index is 13.2. The number of alkyl halides is 3. The van der Waals surface area contributed by atoms with Crippen molar-refractivity contribution in [2.75, 3.05) is 25.0 Å². The van der Waals surface area contributed by atoms with Gasteiger partial charge in [0.25, 0.3) is 0 Å². The van der Waals surface area contributed by atoms with Gasteiger partial charge in [0.2, 0.25) is 0 Å². The number of hydrogen-bond donors (Lipinski definition) is 2. The van der Waals surface area contributed by atoms with E-state index in [4.69, 9.17) is 0 Å². The Morgan fingerprint density at radius 1 is 1.06 bits per heavy atom. The number of fused-ring (bicyclic) bond motifs is 2. The maximum Gasteiger partial charge on any atom is 0.401 e. The fourth-order valence-corrected chi connectivity index (χ4v) is 5.31. The van der Waals surface area contributed by atoms with Crippen molar-refractivity contribution in [1.82, 2.24) is 30.2 Å². The van der Waals surface area contributed by atoms with E-state index in [9.17, 15) is 18.0 Å².